The molecule has 2 aromatic rings. The summed E-state index contributed by atoms with van der Waals surface area (Å²) in [5.74, 6) is 0.473. The van der Waals surface area contributed by atoms with Crippen LogP contribution in [0.4, 0.5) is 5.69 Å². The third kappa shape index (κ3) is 3.54. The molecule has 3 rings (SSSR count). The van der Waals surface area contributed by atoms with E-state index in [0.717, 1.165) is 5.56 Å². The first-order chi connectivity index (χ1) is 12.5. The Bertz CT molecular complexity index is 767. The zero-order valence-electron chi connectivity index (χ0n) is 15.1. The number of anilines is 1. The average molecular weight is 353 g/mol. The standard InChI is InChI=1S/C20H23N3O3/c1-15(24)23-12-10-20(11-13-23,16-6-4-3-5-7-16)19(25)22-17-8-9-18(26-2)21-14-17/h3-9,14H,10-13H2,1-2H3,(H,22,25). The van der Waals surface area contributed by atoms with Gasteiger partial charge in [-0.3, -0.25) is 9.59 Å². The van der Waals surface area contributed by atoms with Crippen molar-refractivity contribution in [1.82, 2.24) is 9.88 Å². The van der Waals surface area contributed by atoms with E-state index >= 15 is 0 Å². The van der Waals surface area contributed by atoms with Crippen molar-refractivity contribution in [3.05, 3.63) is 54.2 Å². The van der Waals surface area contributed by atoms with Crippen molar-refractivity contribution in [3.8, 4) is 5.88 Å². The van der Waals surface area contributed by atoms with Crippen LogP contribution in [0.3, 0.4) is 0 Å². The summed E-state index contributed by atoms with van der Waals surface area (Å²) in [4.78, 5) is 30.9. The minimum atomic E-state index is -0.660. The van der Waals surface area contributed by atoms with Crippen LogP contribution in [0.1, 0.15) is 25.3 Å². The molecule has 6 nitrogen and oxygen atoms in total. The smallest absolute Gasteiger partial charge is 0.235 e. The highest BCUT2D eigenvalue weighted by molar-refractivity contribution is 5.99. The Morgan fingerprint density at radius 1 is 1.12 bits per heavy atom. The van der Waals surface area contributed by atoms with Gasteiger partial charge in [0.25, 0.3) is 0 Å². The maximum Gasteiger partial charge on any atom is 0.235 e. The number of amides is 2. The molecule has 1 N–H and O–H groups in total. The fourth-order valence-electron chi connectivity index (χ4n) is 3.43. The molecule has 1 aromatic carbocycles. The first kappa shape index (κ1) is 17.9. The van der Waals surface area contributed by atoms with Gasteiger partial charge < -0.3 is 15.0 Å². The molecule has 0 aliphatic carbocycles. The van der Waals surface area contributed by atoms with Crippen LogP contribution in [-0.4, -0.2) is 41.9 Å². The Morgan fingerprint density at radius 3 is 2.35 bits per heavy atom. The molecule has 2 heterocycles. The Kier molecular flexibility index (Phi) is 5.21. The van der Waals surface area contributed by atoms with E-state index in [4.69, 9.17) is 4.74 Å². The number of likely N-dealkylation sites (tertiary alicyclic amines) is 1. The maximum atomic E-state index is 13.2. The normalized spacial score (nSPS) is 16.0. The van der Waals surface area contributed by atoms with E-state index in [1.54, 1.807) is 37.3 Å². The summed E-state index contributed by atoms with van der Waals surface area (Å²) in [6.45, 7) is 2.70. The molecular weight excluding hydrogens is 330 g/mol. The van der Waals surface area contributed by atoms with Crippen LogP contribution in [0.2, 0.25) is 0 Å². The van der Waals surface area contributed by atoms with E-state index in [1.807, 2.05) is 30.3 Å². The van der Waals surface area contributed by atoms with E-state index in [-0.39, 0.29) is 11.8 Å². The molecule has 0 bridgehead atoms. The number of hydrogen-bond donors (Lipinski definition) is 1. The van der Waals surface area contributed by atoms with Crippen LogP contribution in [0.5, 0.6) is 5.88 Å². The number of nitrogens with one attached hydrogen (secondary N) is 1. The Balaban J connectivity index is 1.86. The fourth-order valence-corrected chi connectivity index (χ4v) is 3.43. The summed E-state index contributed by atoms with van der Waals surface area (Å²) in [5, 5.41) is 2.99. The summed E-state index contributed by atoms with van der Waals surface area (Å²) >= 11 is 0. The number of aromatic nitrogens is 1. The summed E-state index contributed by atoms with van der Waals surface area (Å²) < 4.78 is 5.05. The van der Waals surface area contributed by atoms with E-state index in [9.17, 15) is 9.59 Å². The van der Waals surface area contributed by atoms with E-state index in [2.05, 4.69) is 10.3 Å². The first-order valence-corrected chi connectivity index (χ1v) is 8.68. The predicted octanol–water partition coefficient (Wildman–Crippen LogP) is 2.61. The van der Waals surface area contributed by atoms with Gasteiger partial charge >= 0.3 is 0 Å². The second-order valence-electron chi connectivity index (χ2n) is 6.50. The molecule has 6 heteroatoms. The van der Waals surface area contributed by atoms with Crippen molar-refractivity contribution in [2.45, 2.75) is 25.2 Å². The number of hydrogen-bond acceptors (Lipinski definition) is 4. The SMILES string of the molecule is COc1ccc(NC(=O)C2(c3ccccc3)CCN(C(C)=O)CC2)cn1. The summed E-state index contributed by atoms with van der Waals surface area (Å²) in [6.07, 6.45) is 2.76. The number of ether oxygens (including phenoxy) is 1. The van der Waals surface area contributed by atoms with Gasteiger partial charge in [-0.2, -0.15) is 0 Å². The topological polar surface area (TPSA) is 71.5 Å². The van der Waals surface area contributed by atoms with E-state index in [1.165, 1.54) is 0 Å². The number of nitrogens with zero attached hydrogens (tertiary/aromatic N) is 2. The number of benzene rings is 1. The van der Waals surface area contributed by atoms with E-state index < -0.39 is 5.41 Å². The van der Waals surface area contributed by atoms with Gasteiger partial charge in [0, 0.05) is 26.1 Å². The van der Waals surface area contributed by atoms with Gasteiger partial charge in [0.1, 0.15) is 0 Å². The van der Waals surface area contributed by atoms with Crippen molar-refractivity contribution >= 4 is 17.5 Å². The Labute approximate surface area is 153 Å². The number of carbonyl (C=O) groups excluding carboxylic acids is 2. The maximum absolute atomic E-state index is 13.2. The molecule has 0 spiro atoms. The predicted molar refractivity (Wildman–Crippen MR) is 99.0 cm³/mol. The van der Waals surface area contributed by atoms with Crippen LogP contribution < -0.4 is 10.1 Å². The zero-order valence-corrected chi connectivity index (χ0v) is 15.1. The van der Waals surface area contributed by atoms with Crippen molar-refractivity contribution in [3.63, 3.8) is 0 Å². The molecule has 1 aliphatic rings. The lowest BCUT2D eigenvalue weighted by molar-refractivity contribution is -0.133. The van der Waals surface area contributed by atoms with Crippen LogP contribution in [0.15, 0.2) is 48.7 Å². The largest absolute Gasteiger partial charge is 0.481 e. The molecule has 0 unspecified atom stereocenters. The van der Waals surface area contributed by atoms with E-state index in [0.29, 0.717) is 37.5 Å². The lowest BCUT2D eigenvalue weighted by Gasteiger charge is -2.40. The molecule has 136 valence electrons. The van der Waals surface area contributed by atoms with Crippen LogP contribution in [0.25, 0.3) is 0 Å². The van der Waals surface area contributed by atoms with Gasteiger partial charge in [-0.05, 0) is 24.5 Å². The minimum Gasteiger partial charge on any atom is -0.481 e. The van der Waals surface area contributed by atoms with Crippen molar-refractivity contribution in [1.29, 1.82) is 0 Å². The number of piperidine rings is 1. The number of pyridine rings is 1. The van der Waals surface area contributed by atoms with Crippen molar-refractivity contribution in [2.24, 2.45) is 0 Å². The third-order valence-corrected chi connectivity index (χ3v) is 5.03. The lowest BCUT2D eigenvalue weighted by Crippen LogP contribution is -2.50. The Hall–Kier alpha value is -2.89. The molecule has 2 amide bonds. The second kappa shape index (κ2) is 7.56. The zero-order chi connectivity index (χ0) is 18.6. The summed E-state index contributed by atoms with van der Waals surface area (Å²) in [6, 6.07) is 13.3. The quantitative estimate of drug-likeness (QED) is 0.917. The first-order valence-electron chi connectivity index (χ1n) is 8.68. The average Bonchev–Trinajstić information content (AvgIpc) is 2.69. The van der Waals surface area contributed by atoms with Gasteiger partial charge in [-0.15, -0.1) is 0 Å². The van der Waals surface area contributed by atoms with Gasteiger partial charge in [0.05, 0.1) is 24.4 Å². The molecule has 1 saturated heterocycles. The molecule has 1 aliphatic heterocycles. The van der Waals surface area contributed by atoms with Crippen molar-refractivity contribution < 1.29 is 14.3 Å². The highest BCUT2D eigenvalue weighted by Crippen LogP contribution is 2.37. The van der Waals surface area contributed by atoms with Crippen molar-refractivity contribution in [2.75, 3.05) is 25.5 Å². The summed E-state index contributed by atoms with van der Waals surface area (Å²) in [7, 11) is 1.55. The fraction of sp³-hybridized carbons (Fsp3) is 0.350. The number of rotatable bonds is 4. The lowest BCUT2D eigenvalue weighted by atomic mass is 9.72. The highest BCUT2D eigenvalue weighted by Gasteiger charge is 2.43. The van der Waals surface area contributed by atoms with Crippen LogP contribution >= 0.6 is 0 Å². The highest BCUT2D eigenvalue weighted by atomic mass is 16.5. The van der Waals surface area contributed by atoms with Crippen LogP contribution in [0, 0.1) is 0 Å². The van der Waals surface area contributed by atoms with Gasteiger partial charge in [0.2, 0.25) is 17.7 Å². The van der Waals surface area contributed by atoms with Crippen LogP contribution in [-0.2, 0) is 15.0 Å². The summed E-state index contributed by atoms with van der Waals surface area (Å²) in [5.41, 5.74) is 0.940. The van der Waals surface area contributed by atoms with Gasteiger partial charge in [-0.25, -0.2) is 4.98 Å². The van der Waals surface area contributed by atoms with Gasteiger partial charge in [0.15, 0.2) is 0 Å². The monoisotopic (exact) mass is 353 g/mol. The molecule has 1 fully saturated rings. The molecule has 0 radical (unpaired) electrons. The molecule has 0 atom stereocenters. The minimum absolute atomic E-state index is 0.0476. The molecule has 1 aromatic heterocycles. The molecule has 0 saturated carbocycles. The number of methoxy groups -OCH3 is 1. The number of carbonyl (C=O) groups is 2. The molecular formula is C20H23N3O3. The Morgan fingerprint density at radius 2 is 1.81 bits per heavy atom. The second-order valence-corrected chi connectivity index (χ2v) is 6.50. The van der Waals surface area contributed by atoms with Gasteiger partial charge in [-0.1, -0.05) is 30.3 Å². The third-order valence-electron chi connectivity index (χ3n) is 5.03. The molecule has 26 heavy (non-hydrogen) atoms.